The summed E-state index contributed by atoms with van der Waals surface area (Å²) in [6.07, 6.45) is -1.67. The average Bonchev–Trinajstić information content (AvgIpc) is 2.53. The van der Waals surface area contributed by atoms with Gasteiger partial charge in [-0.2, -0.15) is 0 Å². The fourth-order valence-electron chi connectivity index (χ4n) is 1.50. The van der Waals surface area contributed by atoms with E-state index in [1.807, 2.05) is 4.90 Å². The second-order valence-corrected chi connectivity index (χ2v) is 3.14. The maximum atomic E-state index is 12.2. The zero-order valence-corrected chi connectivity index (χ0v) is 7.24. The summed E-state index contributed by atoms with van der Waals surface area (Å²) in [5.41, 5.74) is 8.00. The number of likely N-dealkylation sites (tertiary alicyclic amines) is 1. The van der Waals surface area contributed by atoms with Gasteiger partial charge in [0.05, 0.1) is 0 Å². The van der Waals surface area contributed by atoms with E-state index < -0.39 is 12.3 Å². The molecule has 1 heterocycles. The highest BCUT2D eigenvalue weighted by Crippen LogP contribution is 2.22. The highest BCUT2D eigenvalue weighted by Gasteiger charge is 2.28. The van der Waals surface area contributed by atoms with Gasteiger partial charge in [-0.1, -0.05) is 5.11 Å². The fourth-order valence-corrected chi connectivity index (χ4v) is 1.50. The fraction of sp³-hybridized carbons (Fsp3) is 1.00. The quantitative estimate of drug-likeness (QED) is 0.379. The molecule has 1 atom stereocenters. The minimum absolute atomic E-state index is 0.368. The van der Waals surface area contributed by atoms with E-state index in [4.69, 9.17) is 5.53 Å². The number of nitrogens with zero attached hydrogens (tertiary/aromatic N) is 4. The van der Waals surface area contributed by atoms with Crippen LogP contribution in [0.15, 0.2) is 5.11 Å². The molecule has 0 aromatic carbocycles. The lowest BCUT2D eigenvalue weighted by molar-refractivity contribution is 0.0810. The Morgan fingerprint density at radius 1 is 1.62 bits per heavy atom. The molecule has 4 nitrogen and oxygen atoms in total. The summed E-state index contributed by atoms with van der Waals surface area (Å²) in [5.74, 6) is -0.494. The maximum absolute atomic E-state index is 12.2. The van der Waals surface area contributed by atoms with Crippen molar-refractivity contribution in [2.45, 2.75) is 12.8 Å². The standard InChI is InChI=1S/C7H12F2N4/c8-7(9)6-1-3-13(5-6)4-2-11-12-10/h6-7H,1-5H2/t6-/m0/s1. The van der Waals surface area contributed by atoms with Crippen LogP contribution in [0, 0.1) is 5.92 Å². The van der Waals surface area contributed by atoms with Crippen molar-refractivity contribution < 1.29 is 8.78 Å². The van der Waals surface area contributed by atoms with Crippen LogP contribution in [0.4, 0.5) is 8.78 Å². The Labute approximate surface area is 75.1 Å². The number of alkyl halides is 2. The average molecular weight is 190 g/mol. The van der Waals surface area contributed by atoms with Gasteiger partial charge in [0.2, 0.25) is 6.43 Å². The third-order valence-electron chi connectivity index (χ3n) is 2.24. The molecule has 1 aliphatic heterocycles. The first-order chi connectivity index (χ1) is 6.24. The molecule has 0 aromatic rings. The molecule has 0 aliphatic carbocycles. The van der Waals surface area contributed by atoms with Crippen LogP contribution in [-0.4, -0.2) is 37.5 Å². The lowest BCUT2D eigenvalue weighted by atomic mass is 10.1. The van der Waals surface area contributed by atoms with Gasteiger partial charge >= 0.3 is 0 Å². The molecule has 1 aliphatic rings. The predicted molar refractivity (Wildman–Crippen MR) is 44.6 cm³/mol. The van der Waals surface area contributed by atoms with Gasteiger partial charge in [0, 0.05) is 30.5 Å². The van der Waals surface area contributed by atoms with Gasteiger partial charge in [-0.3, -0.25) is 0 Å². The molecule has 0 amide bonds. The number of azide groups is 1. The summed E-state index contributed by atoms with van der Waals surface area (Å²) in [6.45, 7) is 2.08. The van der Waals surface area contributed by atoms with Crippen molar-refractivity contribution in [2.75, 3.05) is 26.2 Å². The molecule has 0 N–H and O–H groups in total. The van der Waals surface area contributed by atoms with Crippen molar-refractivity contribution in [1.29, 1.82) is 0 Å². The van der Waals surface area contributed by atoms with Crippen molar-refractivity contribution >= 4 is 0 Å². The van der Waals surface area contributed by atoms with Crippen LogP contribution in [0.1, 0.15) is 6.42 Å². The molecule has 1 rings (SSSR count). The lowest BCUT2D eigenvalue weighted by Crippen LogP contribution is -2.25. The van der Waals surface area contributed by atoms with Gasteiger partial charge in [-0.25, -0.2) is 8.78 Å². The van der Waals surface area contributed by atoms with E-state index in [2.05, 4.69) is 10.0 Å². The smallest absolute Gasteiger partial charge is 0.242 e. The molecule has 0 radical (unpaired) electrons. The Morgan fingerprint density at radius 3 is 2.92 bits per heavy atom. The summed E-state index contributed by atoms with van der Waals surface area (Å²) >= 11 is 0. The molecule has 0 aromatic heterocycles. The molecule has 6 heteroatoms. The Bertz CT molecular complexity index is 203. The molecule has 0 saturated carbocycles. The van der Waals surface area contributed by atoms with Crippen molar-refractivity contribution in [2.24, 2.45) is 11.0 Å². The normalized spacial score (nSPS) is 23.5. The van der Waals surface area contributed by atoms with E-state index in [-0.39, 0.29) is 0 Å². The van der Waals surface area contributed by atoms with Gasteiger partial charge < -0.3 is 4.90 Å². The zero-order valence-electron chi connectivity index (χ0n) is 7.24. The molecule has 1 fully saturated rings. The van der Waals surface area contributed by atoms with Gasteiger partial charge in [0.25, 0.3) is 0 Å². The Kier molecular flexibility index (Phi) is 3.92. The van der Waals surface area contributed by atoms with E-state index in [1.54, 1.807) is 0 Å². The highest BCUT2D eigenvalue weighted by molar-refractivity contribution is 4.77. The zero-order chi connectivity index (χ0) is 9.68. The predicted octanol–water partition coefficient (Wildman–Crippen LogP) is 1.88. The van der Waals surface area contributed by atoms with Gasteiger partial charge in [-0.15, -0.1) is 0 Å². The number of hydrogen-bond acceptors (Lipinski definition) is 2. The summed E-state index contributed by atoms with van der Waals surface area (Å²) < 4.78 is 24.4. The van der Waals surface area contributed by atoms with Crippen molar-refractivity contribution in [3.63, 3.8) is 0 Å². The second kappa shape index (κ2) is 4.99. The van der Waals surface area contributed by atoms with E-state index in [1.165, 1.54) is 0 Å². The molecule has 1 saturated heterocycles. The first-order valence-electron chi connectivity index (χ1n) is 4.25. The largest absolute Gasteiger partial charge is 0.303 e. The monoisotopic (exact) mass is 190 g/mol. The van der Waals surface area contributed by atoms with E-state index in [0.29, 0.717) is 32.6 Å². The van der Waals surface area contributed by atoms with Crippen LogP contribution in [0.2, 0.25) is 0 Å². The number of halogens is 2. The molecule has 0 bridgehead atoms. The SMILES string of the molecule is [N-]=[N+]=NCCN1CC[C@H](C(F)F)C1. The first-order valence-corrected chi connectivity index (χ1v) is 4.25. The van der Waals surface area contributed by atoms with Crippen LogP contribution in [0.5, 0.6) is 0 Å². The van der Waals surface area contributed by atoms with Crippen LogP contribution in [0.25, 0.3) is 10.4 Å². The molecular formula is C7H12F2N4. The molecule has 0 spiro atoms. The molecule has 13 heavy (non-hydrogen) atoms. The van der Waals surface area contributed by atoms with E-state index in [0.717, 1.165) is 0 Å². The van der Waals surface area contributed by atoms with Gasteiger partial charge in [0.15, 0.2) is 0 Å². The first kappa shape index (κ1) is 10.2. The van der Waals surface area contributed by atoms with Crippen LogP contribution in [0.3, 0.4) is 0 Å². The van der Waals surface area contributed by atoms with Crippen molar-refractivity contribution in [1.82, 2.24) is 4.90 Å². The number of hydrogen-bond donors (Lipinski definition) is 0. The van der Waals surface area contributed by atoms with Crippen LogP contribution < -0.4 is 0 Å². The Hall–Kier alpha value is -0.870. The molecule has 0 unspecified atom stereocenters. The summed E-state index contributed by atoms with van der Waals surface area (Å²) in [6, 6.07) is 0. The van der Waals surface area contributed by atoms with Crippen molar-refractivity contribution in [3.05, 3.63) is 10.4 Å². The number of rotatable bonds is 4. The highest BCUT2D eigenvalue weighted by atomic mass is 19.3. The van der Waals surface area contributed by atoms with E-state index >= 15 is 0 Å². The van der Waals surface area contributed by atoms with Gasteiger partial charge in [-0.05, 0) is 18.5 Å². The maximum Gasteiger partial charge on any atom is 0.242 e. The molecule has 74 valence electrons. The van der Waals surface area contributed by atoms with Crippen LogP contribution in [-0.2, 0) is 0 Å². The lowest BCUT2D eigenvalue weighted by Gasteiger charge is -2.13. The van der Waals surface area contributed by atoms with Crippen molar-refractivity contribution in [3.8, 4) is 0 Å². The summed E-state index contributed by atoms with van der Waals surface area (Å²) in [4.78, 5) is 4.51. The minimum Gasteiger partial charge on any atom is -0.303 e. The van der Waals surface area contributed by atoms with E-state index in [9.17, 15) is 8.78 Å². The molecular weight excluding hydrogens is 178 g/mol. The minimum atomic E-state index is -2.22. The summed E-state index contributed by atoms with van der Waals surface area (Å²) in [5, 5.41) is 3.36. The Balaban J connectivity index is 2.21. The summed E-state index contributed by atoms with van der Waals surface area (Å²) in [7, 11) is 0. The Morgan fingerprint density at radius 2 is 2.38 bits per heavy atom. The topological polar surface area (TPSA) is 52.0 Å². The van der Waals surface area contributed by atoms with Gasteiger partial charge in [0.1, 0.15) is 0 Å². The van der Waals surface area contributed by atoms with Crippen LogP contribution >= 0.6 is 0 Å². The third kappa shape index (κ3) is 3.16. The second-order valence-electron chi connectivity index (χ2n) is 3.14. The third-order valence-corrected chi connectivity index (χ3v) is 2.24.